The molecule has 1 aliphatic carbocycles. The molecule has 0 radical (unpaired) electrons. The molecule has 1 heterocycles. The number of hydrogen-bond acceptors (Lipinski definition) is 2. The van der Waals surface area contributed by atoms with Crippen molar-refractivity contribution < 1.29 is 0 Å². The Morgan fingerprint density at radius 3 is 2.71 bits per heavy atom. The Morgan fingerprint density at radius 1 is 1.10 bits per heavy atom. The third-order valence-corrected chi connectivity index (χ3v) is 5.56. The number of nitrogens with zero attached hydrogens (tertiary/aromatic N) is 1. The van der Waals surface area contributed by atoms with E-state index in [0.717, 1.165) is 18.5 Å². The van der Waals surface area contributed by atoms with Crippen molar-refractivity contribution in [3.05, 3.63) is 35.4 Å². The first kappa shape index (κ1) is 15.1. The SMILES string of the molecule is CNCCC1CCCCN1C1CCC(C)c2ccccc21. The lowest BCUT2D eigenvalue weighted by molar-refractivity contribution is 0.0770. The first-order chi connectivity index (χ1) is 10.3. The van der Waals surface area contributed by atoms with Crippen LogP contribution in [0.25, 0.3) is 0 Å². The lowest BCUT2D eigenvalue weighted by Crippen LogP contribution is -2.44. The van der Waals surface area contributed by atoms with E-state index >= 15 is 0 Å². The number of likely N-dealkylation sites (tertiary alicyclic amines) is 1. The Bertz CT molecular complexity index is 457. The zero-order valence-electron chi connectivity index (χ0n) is 13.6. The van der Waals surface area contributed by atoms with Crippen LogP contribution >= 0.6 is 0 Å². The Labute approximate surface area is 129 Å². The Hall–Kier alpha value is -0.860. The van der Waals surface area contributed by atoms with Crippen molar-refractivity contribution in [2.45, 2.75) is 63.5 Å². The highest BCUT2D eigenvalue weighted by atomic mass is 15.2. The fourth-order valence-electron chi connectivity index (χ4n) is 4.38. The smallest absolute Gasteiger partial charge is 0.0354 e. The van der Waals surface area contributed by atoms with E-state index in [1.54, 1.807) is 11.1 Å². The van der Waals surface area contributed by atoms with Crippen LogP contribution < -0.4 is 5.32 Å². The molecule has 3 rings (SSSR count). The normalized spacial score (nSPS) is 30.1. The molecule has 2 heteroatoms. The second kappa shape index (κ2) is 6.93. The number of benzene rings is 1. The molecule has 3 atom stereocenters. The molecule has 3 unspecified atom stereocenters. The van der Waals surface area contributed by atoms with Gasteiger partial charge in [0.25, 0.3) is 0 Å². The van der Waals surface area contributed by atoms with Crippen LogP contribution in [0.3, 0.4) is 0 Å². The fraction of sp³-hybridized carbons (Fsp3) is 0.684. The van der Waals surface area contributed by atoms with Gasteiger partial charge in [0.1, 0.15) is 0 Å². The molecule has 1 aliphatic heterocycles. The van der Waals surface area contributed by atoms with Crippen LogP contribution in [0, 0.1) is 0 Å². The van der Waals surface area contributed by atoms with Crippen molar-refractivity contribution in [3.8, 4) is 0 Å². The highest BCUT2D eigenvalue weighted by Crippen LogP contribution is 2.42. The quantitative estimate of drug-likeness (QED) is 0.897. The van der Waals surface area contributed by atoms with Crippen LogP contribution in [-0.4, -0.2) is 31.1 Å². The maximum atomic E-state index is 3.34. The van der Waals surface area contributed by atoms with Gasteiger partial charge < -0.3 is 5.32 Å². The summed E-state index contributed by atoms with van der Waals surface area (Å²) in [5.74, 6) is 0.734. The minimum Gasteiger partial charge on any atom is -0.320 e. The van der Waals surface area contributed by atoms with Gasteiger partial charge in [0.05, 0.1) is 0 Å². The van der Waals surface area contributed by atoms with Crippen LogP contribution in [0.15, 0.2) is 24.3 Å². The van der Waals surface area contributed by atoms with E-state index in [1.807, 2.05) is 0 Å². The number of fused-ring (bicyclic) bond motifs is 1. The predicted molar refractivity (Wildman–Crippen MR) is 89.7 cm³/mol. The van der Waals surface area contributed by atoms with E-state index in [0.29, 0.717) is 6.04 Å². The van der Waals surface area contributed by atoms with Gasteiger partial charge in [-0.25, -0.2) is 0 Å². The minimum atomic E-state index is 0.666. The molecule has 2 nitrogen and oxygen atoms in total. The molecular formula is C19H30N2. The molecule has 0 amide bonds. The average Bonchev–Trinajstić information content (AvgIpc) is 2.54. The van der Waals surface area contributed by atoms with Crippen molar-refractivity contribution in [2.75, 3.05) is 20.1 Å². The fourth-order valence-corrected chi connectivity index (χ4v) is 4.38. The molecule has 1 aromatic carbocycles. The number of piperidine rings is 1. The molecule has 116 valence electrons. The molecule has 0 spiro atoms. The van der Waals surface area contributed by atoms with Crippen molar-refractivity contribution >= 4 is 0 Å². The van der Waals surface area contributed by atoms with E-state index in [-0.39, 0.29) is 0 Å². The molecule has 1 fully saturated rings. The number of nitrogens with one attached hydrogen (secondary N) is 1. The molecule has 21 heavy (non-hydrogen) atoms. The summed E-state index contributed by atoms with van der Waals surface area (Å²) < 4.78 is 0. The van der Waals surface area contributed by atoms with E-state index in [9.17, 15) is 0 Å². The van der Waals surface area contributed by atoms with Gasteiger partial charge >= 0.3 is 0 Å². The maximum absolute atomic E-state index is 3.34. The van der Waals surface area contributed by atoms with E-state index in [2.05, 4.69) is 48.5 Å². The lowest BCUT2D eigenvalue weighted by atomic mass is 9.79. The second-order valence-corrected chi connectivity index (χ2v) is 6.90. The predicted octanol–water partition coefficient (Wildman–Crippen LogP) is 4.09. The highest BCUT2D eigenvalue weighted by Gasteiger charge is 2.33. The number of hydrogen-bond donors (Lipinski definition) is 1. The summed E-state index contributed by atoms with van der Waals surface area (Å²) in [5.41, 5.74) is 3.22. The molecule has 2 aliphatic rings. The van der Waals surface area contributed by atoms with Crippen molar-refractivity contribution in [3.63, 3.8) is 0 Å². The summed E-state index contributed by atoms with van der Waals surface area (Å²) in [7, 11) is 2.07. The molecule has 1 saturated heterocycles. The van der Waals surface area contributed by atoms with E-state index in [4.69, 9.17) is 0 Å². The van der Waals surface area contributed by atoms with Crippen LogP contribution in [0.4, 0.5) is 0 Å². The van der Waals surface area contributed by atoms with Gasteiger partial charge in [-0.15, -0.1) is 0 Å². The van der Waals surface area contributed by atoms with Gasteiger partial charge in [-0.3, -0.25) is 4.90 Å². The molecule has 1 aromatic rings. The summed E-state index contributed by atoms with van der Waals surface area (Å²) in [6.45, 7) is 4.83. The van der Waals surface area contributed by atoms with Crippen molar-refractivity contribution in [1.29, 1.82) is 0 Å². The zero-order chi connectivity index (χ0) is 14.7. The Morgan fingerprint density at radius 2 is 1.90 bits per heavy atom. The second-order valence-electron chi connectivity index (χ2n) is 6.90. The minimum absolute atomic E-state index is 0.666. The van der Waals surface area contributed by atoms with E-state index < -0.39 is 0 Å². The van der Waals surface area contributed by atoms with Gasteiger partial charge in [-0.1, -0.05) is 37.6 Å². The van der Waals surface area contributed by atoms with Crippen molar-refractivity contribution in [2.24, 2.45) is 0 Å². The molecular weight excluding hydrogens is 256 g/mol. The molecule has 0 aromatic heterocycles. The van der Waals surface area contributed by atoms with Gasteiger partial charge in [-0.05, 0) is 69.3 Å². The molecule has 1 N–H and O–H groups in total. The van der Waals surface area contributed by atoms with Crippen LogP contribution in [0.2, 0.25) is 0 Å². The first-order valence-electron chi connectivity index (χ1n) is 8.80. The summed E-state index contributed by atoms with van der Waals surface area (Å²) in [6, 6.07) is 10.6. The number of rotatable bonds is 4. The average molecular weight is 286 g/mol. The van der Waals surface area contributed by atoms with Crippen molar-refractivity contribution in [1.82, 2.24) is 10.2 Å². The topological polar surface area (TPSA) is 15.3 Å². The van der Waals surface area contributed by atoms with Crippen LogP contribution in [0.5, 0.6) is 0 Å². The van der Waals surface area contributed by atoms with Gasteiger partial charge in [0.2, 0.25) is 0 Å². The third kappa shape index (κ3) is 3.17. The maximum Gasteiger partial charge on any atom is 0.0354 e. The van der Waals surface area contributed by atoms with Crippen LogP contribution in [0.1, 0.15) is 68.5 Å². The van der Waals surface area contributed by atoms with Gasteiger partial charge in [0.15, 0.2) is 0 Å². The largest absolute Gasteiger partial charge is 0.320 e. The summed E-state index contributed by atoms with van der Waals surface area (Å²) in [4.78, 5) is 2.84. The summed E-state index contributed by atoms with van der Waals surface area (Å²) in [6.07, 6.45) is 8.16. The molecule has 0 bridgehead atoms. The standard InChI is InChI=1S/C19H30N2/c1-15-10-11-19(18-9-4-3-8-17(15)18)21-14-6-5-7-16(21)12-13-20-2/h3-4,8-9,15-16,19-20H,5-7,10-14H2,1-2H3. The summed E-state index contributed by atoms with van der Waals surface area (Å²) in [5, 5.41) is 3.34. The Balaban J connectivity index is 1.83. The molecule has 0 saturated carbocycles. The van der Waals surface area contributed by atoms with Crippen LogP contribution in [-0.2, 0) is 0 Å². The lowest BCUT2D eigenvalue weighted by Gasteiger charge is -2.44. The summed E-state index contributed by atoms with van der Waals surface area (Å²) >= 11 is 0. The van der Waals surface area contributed by atoms with Gasteiger partial charge in [-0.2, -0.15) is 0 Å². The monoisotopic (exact) mass is 286 g/mol. The highest BCUT2D eigenvalue weighted by molar-refractivity contribution is 5.35. The third-order valence-electron chi connectivity index (χ3n) is 5.56. The zero-order valence-corrected chi connectivity index (χ0v) is 13.6. The Kier molecular flexibility index (Phi) is 4.97. The first-order valence-corrected chi connectivity index (χ1v) is 8.80. The van der Waals surface area contributed by atoms with Gasteiger partial charge in [0, 0.05) is 12.1 Å². The van der Waals surface area contributed by atoms with E-state index in [1.165, 1.54) is 45.1 Å².